The maximum Gasteiger partial charge on any atom is 0.353 e. The van der Waals surface area contributed by atoms with E-state index in [2.05, 4.69) is 15.5 Å². The number of H-pyrrole nitrogens is 1. The van der Waals surface area contributed by atoms with Crippen LogP contribution in [-0.2, 0) is 4.79 Å². The molecule has 0 unspecified atom stereocenters. The third kappa shape index (κ3) is 3.29. The zero-order chi connectivity index (χ0) is 13.8. The third-order valence-electron chi connectivity index (χ3n) is 2.35. The van der Waals surface area contributed by atoms with E-state index in [4.69, 9.17) is 5.11 Å². The molecule has 1 amide bonds. The molecule has 2 rings (SSSR count). The summed E-state index contributed by atoms with van der Waals surface area (Å²) >= 11 is 1.54. The molecule has 0 radical (unpaired) electrons. The predicted molar refractivity (Wildman–Crippen MR) is 72.3 cm³/mol. The zero-order valence-electron chi connectivity index (χ0n) is 10.0. The standard InChI is InChI=1S/C12H11N3O3S/c1-7-4-5-19-9(7)2-3-11(16)13-10-6-8(12(17)18)14-15-10/h2-6H,1H3,(H,17,18)(H2,13,14,15,16). The number of amides is 1. The predicted octanol–water partition coefficient (Wildman–Crippen LogP) is 2.13. The van der Waals surface area contributed by atoms with E-state index in [9.17, 15) is 9.59 Å². The van der Waals surface area contributed by atoms with Gasteiger partial charge < -0.3 is 10.4 Å². The number of aromatic nitrogens is 2. The number of hydrogen-bond acceptors (Lipinski definition) is 4. The van der Waals surface area contributed by atoms with Crippen LogP contribution in [0.3, 0.4) is 0 Å². The molecule has 2 aromatic heterocycles. The second kappa shape index (κ2) is 5.49. The molecule has 0 spiro atoms. The lowest BCUT2D eigenvalue weighted by molar-refractivity contribution is -0.111. The highest BCUT2D eigenvalue weighted by atomic mass is 32.1. The number of carbonyl (C=O) groups is 2. The zero-order valence-corrected chi connectivity index (χ0v) is 10.8. The smallest absolute Gasteiger partial charge is 0.353 e. The number of aryl methyl sites for hydroxylation is 1. The molecule has 0 atom stereocenters. The molecule has 0 aliphatic carbocycles. The maximum atomic E-state index is 11.6. The van der Waals surface area contributed by atoms with Gasteiger partial charge in [0.2, 0.25) is 5.91 Å². The third-order valence-corrected chi connectivity index (χ3v) is 3.33. The van der Waals surface area contributed by atoms with Gasteiger partial charge in [-0.2, -0.15) is 5.10 Å². The van der Waals surface area contributed by atoms with Crippen molar-refractivity contribution >= 4 is 35.1 Å². The average molecular weight is 277 g/mol. The lowest BCUT2D eigenvalue weighted by Gasteiger charge is -1.95. The number of aromatic amines is 1. The first-order chi connectivity index (χ1) is 9.06. The van der Waals surface area contributed by atoms with Crippen LogP contribution in [0.15, 0.2) is 23.6 Å². The SMILES string of the molecule is Cc1ccsc1C=CC(=O)Nc1cc(C(=O)O)[nH]n1. The van der Waals surface area contributed by atoms with Gasteiger partial charge in [-0.15, -0.1) is 11.3 Å². The number of carbonyl (C=O) groups excluding carboxylic acids is 1. The Balaban J connectivity index is 1.99. The number of carboxylic acid groups (broad SMARTS) is 1. The molecule has 2 aromatic rings. The highest BCUT2D eigenvalue weighted by molar-refractivity contribution is 7.11. The maximum absolute atomic E-state index is 11.6. The Labute approximate surface area is 112 Å². The molecule has 0 aliphatic heterocycles. The first-order valence-corrected chi connectivity index (χ1v) is 6.26. The Kier molecular flexibility index (Phi) is 3.76. The van der Waals surface area contributed by atoms with Crippen molar-refractivity contribution < 1.29 is 14.7 Å². The van der Waals surface area contributed by atoms with E-state index in [1.165, 1.54) is 23.5 Å². The van der Waals surface area contributed by atoms with Crippen molar-refractivity contribution in [1.82, 2.24) is 10.2 Å². The number of carboxylic acids is 1. The molecule has 0 aliphatic rings. The van der Waals surface area contributed by atoms with Gasteiger partial charge in [-0.3, -0.25) is 9.89 Å². The number of rotatable bonds is 4. The van der Waals surface area contributed by atoms with Crippen LogP contribution in [0, 0.1) is 6.92 Å². The lowest BCUT2D eigenvalue weighted by atomic mass is 10.3. The van der Waals surface area contributed by atoms with E-state index in [1.807, 2.05) is 18.4 Å². The summed E-state index contributed by atoms with van der Waals surface area (Å²) in [7, 11) is 0. The molecule has 3 N–H and O–H groups in total. The van der Waals surface area contributed by atoms with Crippen molar-refractivity contribution in [2.75, 3.05) is 5.32 Å². The van der Waals surface area contributed by atoms with Gasteiger partial charge in [0.15, 0.2) is 5.82 Å². The summed E-state index contributed by atoms with van der Waals surface area (Å²) in [6.45, 7) is 1.96. The summed E-state index contributed by atoms with van der Waals surface area (Å²) in [6.07, 6.45) is 3.09. The van der Waals surface area contributed by atoms with Crippen LogP contribution in [0.1, 0.15) is 20.9 Å². The minimum Gasteiger partial charge on any atom is -0.477 e. The summed E-state index contributed by atoms with van der Waals surface area (Å²) in [5.74, 6) is -1.32. The molecule has 0 bridgehead atoms. The Hall–Kier alpha value is -2.41. The molecular weight excluding hydrogens is 266 g/mol. The fraction of sp³-hybridized carbons (Fsp3) is 0.0833. The molecule has 0 saturated carbocycles. The van der Waals surface area contributed by atoms with Crippen molar-refractivity contribution in [2.24, 2.45) is 0 Å². The Morgan fingerprint density at radius 1 is 1.53 bits per heavy atom. The summed E-state index contributed by atoms with van der Waals surface area (Å²) in [5, 5.41) is 19.1. The van der Waals surface area contributed by atoms with Crippen LogP contribution in [0.2, 0.25) is 0 Å². The summed E-state index contributed by atoms with van der Waals surface area (Å²) in [5.41, 5.74) is 1.02. The fourth-order valence-corrected chi connectivity index (χ4v) is 2.19. The first-order valence-electron chi connectivity index (χ1n) is 5.38. The Bertz CT molecular complexity index is 642. The second-order valence-corrected chi connectivity index (χ2v) is 4.71. The van der Waals surface area contributed by atoms with Crippen molar-refractivity contribution in [3.05, 3.63) is 39.7 Å². The number of aromatic carboxylic acids is 1. The molecule has 98 valence electrons. The summed E-state index contributed by atoms with van der Waals surface area (Å²) in [4.78, 5) is 23.2. The van der Waals surface area contributed by atoms with E-state index in [0.717, 1.165) is 10.4 Å². The van der Waals surface area contributed by atoms with Gasteiger partial charge in [0.25, 0.3) is 0 Å². The summed E-state index contributed by atoms with van der Waals surface area (Å²) < 4.78 is 0. The van der Waals surface area contributed by atoms with Crippen LogP contribution in [0.4, 0.5) is 5.82 Å². The van der Waals surface area contributed by atoms with E-state index in [1.54, 1.807) is 6.08 Å². The van der Waals surface area contributed by atoms with E-state index < -0.39 is 5.97 Å². The quantitative estimate of drug-likeness (QED) is 0.746. The molecule has 0 saturated heterocycles. The second-order valence-electron chi connectivity index (χ2n) is 3.76. The topological polar surface area (TPSA) is 95.1 Å². The Morgan fingerprint density at radius 3 is 2.89 bits per heavy atom. The van der Waals surface area contributed by atoms with E-state index in [0.29, 0.717) is 0 Å². The van der Waals surface area contributed by atoms with Crippen molar-refractivity contribution in [2.45, 2.75) is 6.92 Å². The minimum atomic E-state index is -1.13. The van der Waals surface area contributed by atoms with Crippen molar-refractivity contribution in [1.29, 1.82) is 0 Å². The van der Waals surface area contributed by atoms with Gasteiger partial charge in [-0.25, -0.2) is 4.79 Å². The lowest BCUT2D eigenvalue weighted by Crippen LogP contribution is -2.07. The van der Waals surface area contributed by atoms with Crippen LogP contribution in [-0.4, -0.2) is 27.2 Å². The average Bonchev–Trinajstić information content (AvgIpc) is 2.96. The van der Waals surface area contributed by atoms with E-state index in [-0.39, 0.29) is 17.4 Å². The number of thiophene rings is 1. The number of anilines is 1. The van der Waals surface area contributed by atoms with Crippen molar-refractivity contribution in [3.8, 4) is 0 Å². The van der Waals surface area contributed by atoms with Gasteiger partial charge >= 0.3 is 5.97 Å². The molecule has 19 heavy (non-hydrogen) atoms. The molecule has 6 nitrogen and oxygen atoms in total. The number of hydrogen-bond donors (Lipinski definition) is 3. The molecular formula is C12H11N3O3S. The number of nitrogens with one attached hydrogen (secondary N) is 2. The Morgan fingerprint density at radius 2 is 2.32 bits per heavy atom. The first kappa shape index (κ1) is 13.0. The van der Waals surface area contributed by atoms with Crippen LogP contribution in [0.25, 0.3) is 6.08 Å². The molecule has 7 heteroatoms. The molecule has 2 heterocycles. The van der Waals surface area contributed by atoms with Crippen LogP contribution < -0.4 is 5.32 Å². The van der Waals surface area contributed by atoms with Gasteiger partial charge in [-0.05, 0) is 30.0 Å². The van der Waals surface area contributed by atoms with Gasteiger partial charge in [0.05, 0.1) is 0 Å². The summed E-state index contributed by atoms with van der Waals surface area (Å²) in [6, 6.07) is 3.22. The van der Waals surface area contributed by atoms with Crippen molar-refractivity contribution in [3.63, 3.8) is 0 Å². The van der Waals surface area contributed by atoms with Gasteiger partial charge in [0.1, 0.15) is 5.69 Å². The van der Waals surface area contributed by atoms with Gasteiger partial charge in [0, 0.05) is 17.0 Å². The molecule has 0 fully saturated rings. The largest absolute Gasteiger partial charge is 0.477 e. The fourth-order valence-electron chi connectivity index (χ4n) is 1.37. The van der Waals surface area contributed by atoms with Crippen LogP contribution >= 0.6 is 11.3 Å². The highest BCUT2D eigenvalue weighted by Gasteiger charge is 2.08. The monoisotopic (exact) mass is 277 g/mol. The minimum absolute atomic E-state index is 0.0756. The molecule has 0 aromatic carbocycles. The normalized spacial score (nSPS) is 10.8. The highest BCUT2D eigenvalue weighted by Crippen LogP contribution is 2.17. The van der Waals surface area contributed by atoms with E-state index >= 15 is 0 Å². The van der Waals surface area contributed by atoms with Crippen LogP contribution in [0.5, 0.6) is 0 Å². The number of nitrogens with zero attached hydrogens (tertiary/aromatic N) is 1. The van der Waals surface area contributed by atoms with Gasteiger partial charge in [-0.1, -0.05) is 0 Å².